The Morgan fingerprint density at radius 1 is 1.22 bits per heavy atom. The summed E-state index contributed by atoms with van der Waals surface area (Å²) in [6.45, 7) is -1.77. The van der Waals surface area contributed by atoms with Crippen LogP contribution in [0.2, 0.25) is 0 Å². The number of phosphoric ester groups is 1. The van der Waals surface area contributed by atoms with Crippen LogP contribution in [0.15, 0.2) is 18.5 Å². The van der Waals surface area contributed by atoms with Gasteiger partial charge in [-0.1, -0.05) is 11.8 Å². The van der Waals surface area contributed by atoms with E-state index in [1.54, 1.807) is 5.92 Å². The number of phosphoric acid groups is 3. The molecule has 3 rings (SSSR count). The topological polar surface area (TPSA) is 253 Å². The number of alkyl halides is 1. The van der Waals surface area contributed by atoms with Crippen molar-refractivity contribution in [2.45, 2.75) is 23.8 Å². The molecule has 6 atom stereocenters. The molecule has 2 aromatic heterocycles. The van der Waals surface area contributed by atoms with Crippen LogP contribution in [0.3, 0.4) is 0 Å². The number of hydrogen-bond acceptors (Lipinski definition) is 11. The van der Waals surface area contributed by atoms with Gasteiger partial charge in [-0.05, 0) is 6.07 Å². The van der Waals surface area contributed by atoms with Crippen molar-refractivity contribution >= 4 is 40.2 Å². The number of halogens is 1. The zero-order chi connectivity index (χ0) is 27.3. The van der Waals surface area contributed by atoms with E-state index in [2.05, 4.69) is 24.0 Å². The summed E-state index contributed by atoms with van der Waals surface area (Å²) < 4.78 is 66.9. The van der Waals surface area contributed by atoms with Gasteiger partial charge in [-0.3, -0.25) is 4.52 Å². The average molecular weight is 571 g/mol. The Hall–Kier alpha value is -2.17. The molecule has 0 radical (unpaired) electrons. The van der Waals surface area contributed by atoms with Gasteiger partial charge in [-0.15, -0.1) is 12.8 Å². The smallest absolute Gasteiger partial charge is 0.398 e. The summed E-state index contributed by atoms with van der Waals surface area (Å²) >= 11 is 0. The SMILES string of the molecule is C#Cc1cn([C@@H]2O[C@](F)(COP(=O)(O)OP(=O)(O)OP(=O)(O)O)[C@@H](O)[C@]2(O)C#C)c2nccc(N)c12. The minimum atomic E-state index is -5.91. The third-order valence-electron chi connectivity index (χ3n) is 4.73. The Labute approximate surface area is 200 Å². The third kappa shape index (κ3) is 5.40. The van der Waals surface area contributed by atoms with Crippen LogP contribution in [0.4, 0.5) is 10.1 Å². The Balaban J connectivity index is 1.93. The van der Waals surface area contributed by atoms with Gasteiger partial charge in [0.05, 0.1) is 10.9 Å². The molecule has 20 heteroatoms. The Morgan fingerprint density at radius 2 is 1.86 bits per heavy atom. The number of nitrogens with zero attached hydrogens (tertiary/aromatic N) is 2. The minimum Gasteiger partial charge on any atom is -0.398 e. The van der Waals surface area contributed by atoms with Gasteiger partial charge < -0.3 is 44.8 Å². The molecule has 1 aliphatic rings. The lowest BCUT2D eigenvalue weighted by atomic mass is 9.94. The fourth-order valence-corrected chi connectivity index (χ4v) is 6.33. The largest absolute Gasteiger partial charge is 0.490 e. The Bertz CT molecular complexity index is 1430. The maximum Gasteiger partial charge on any atom is 0.490 e. The van der Waals surface area contributed by atoms with E-state index in [1.165, 1.54) is 12.3 Å². The number of fused-ring (bicyclic) bond motifs is 1. The first-order valence-corrected chi connectivity index (χ1v) is 13.6. The standard InChI is InChI=1S/C16H17FN3O13P3/c1-3-9-7-20(12-11(9)10(18)5-6-19-12)14-15(22,4-2)13(21)16(17,31-14)8-30-35(26,27)33-36(28,29)32-34(23,24)25/h1-2,5-7,13-14,21-22H,8H2,(H2,18,19)(H,26,27)(H,28,29)(H2,23,24,25)/t13-,14+,15+,16+/m0/s1. The molecule has 3 heterocycles. The molecule has 0 bridgehead atoms. The van der Waals surface area contributed by atoms with Crippen molar-refractivity contribution in [3.8, 4) is 24.7 Å². The van der Waals surface area contributed by atoms with E-state index < -0.39 is 53.9 Å². The molecule has 0 saturated carbocycles. The summed E-state index contributed by atoms with van der Waals surface area (Å²) in [6, 6.07) is 1.40. The molecule has 196 valence electrons. The summed E-state index contributed by atoms with van der Waals surface area (Å²) in [4.78, 5) is 39.9. The first-order valence-electron chi connectivity index (χ1n) is 9.13. The van der Waals surface area contributed by atoms with Gasteiger partial charge in [-0.25, -0.2) is 23.1 Å². The molecule has 1 fully saturated rings. The zero-order valence-corrected chi connectivity index (χ0v) is 20.2. The van der Waals surface area contributed by atoms with E-state index in [4.69, 9.17) is 33.1 Å². The lowest BCUT2D eigenvalue weighted by Gasteiger charge is -2.27. The number of nitrogens with two attached hydrogens (primary N) is 1. The molecule has 1 saturated heterocycles. The highest BCUT2D eigenvalue weighted by Gasteiger charge is 2.65. The summed E-state index contributed by atoms with van der Waals surface area (Å²) in [5, 5.41) is 21.5. The van der Waals surface area contributed by atoms with E-state index in [0.29, 0.717) is 0 Å². The van der Waals surface area contributed by atoms with Gasteiger partial charge in [0.1, 0.15) is 12.3 Å². The minimum absolute atomic E-state index is 0.0500. The van der Waals surface area contributed by atoms with Gasteiger partial charge in [-0.2, -0.15) is 8.62 Å². The average Bonchev–Trinajstić information content (AvgIpc) is 3.20. The number of rotatable bonds is 8. The molecule has 0 amide bonds. The van der Waals surface area contributed by atoms with Crippen LogP contribution in [0.1, 0.15) is 11.8 Å². The van der Waals surface area contributed by atoms with Crippen LogP contribution >= 0.6 is 23.5 Å². The number of aliphatic hydroxyl groups excluding tert-OH is 1. The third-order valence-corrected chi connectivity index (χ3v) is 8.52. The van der Waals surface area contributed by atoms with E-state index >= 15 is 4.39 Å². The maximum absolute atomic E-state index is 15.6. The predicted octanol–water partition coefficient (Wildman–Crippen LogP) is -0.137. The highest BCUT2D eigenvalue weighted by Crippen LogP contribution is 2.66. The first-order chi connectivity index (χ1) is 16.4. The number of terminal acetylenes is 2. The van der Waals surface area contributed by atoms with E-state index in [9.17, 15) is 33.7 Å². The predicted molar refractivity (Wildman–Crippen MR) is 116 cm³/mol. The van der Waals surface area contributed by atoms with E-state index in [0.717, 1.165) is 10.8 Å². The van der Waals surface area contributed by atoms with Crippen molar-refractivity contribution in [2.75, 3.05) is 12.3 Å². The number of aromatic nitrogens is 2. The molecular formula is C16H17FN3O13P3. The lowest BCUT2D eigenvalue weighted by Crippen LogP contribution is -2.50. The fourth-order valence-electron chi connectivity index (χ4n) is 3.30. The molecule has 0 aliphatic carbocycles. The molecule has 8 N–H and O–H groups in total. The number of pyridine rings is 1. The molecule has 2 unspecified atom stereocenters. The van der Waals surface area contributed by atoms with Crippen LogP contribution < -0.4 is 5.73 Å². The molecule has 36 heavy (non-hydrogen) atoms. The van der Waals surface area contributed by atoms with Crippen molar-refractivity contribution in [2.24, 2.45) is 0 Å². The van der Waals surface area contributed by atoms with Gasteiger partial charge in [0, 0.05) is 18.1 Å². The Morgan fingerprint density at radius 3 is 2.42 bits per heavy atom. The quantitative estimate of drug-likeness (QED) is 0.161. The van der Waals surface area contributed by atoms with Crippen LogP contribution in [0, 0.1) is 24.7 Å². The number of nitrogen functional groups attached to an aromatic ring is 1. The van der Waals surface area contributed by atoms with Crippen LogP contribution in [0.25, 0.3) is 11.0 Å². The summed E-state index contributed by atoms with van der Waals surface area (Å²) in [5.41, 5.74) is 3.24. The van der Waals surface area contributed by atoms with Crippen molar-refractivity contribution < 1.29 is 65.8 Å². The second-order valence-electron chi connectivity index (χ2n) is 7.19. The van der Waals surface area contributed by atoms with Crippen molar-refractivity contribution in [1.29, 1.82) is 0 Å². The zero-order valence-electron chi connectivity index (χ0n) is 17.5. The van der Waals surface area contributed by atoms with Crippen LogP contribution in [-0.2, 0) is 31.6 Å². The highest BCUT2D eigenvalue weighted by molar-refractivity contribution is 7.66. The second kappa shape index (κ2) is 9.29. The van der Waals surface area contributed by atoms with Gasteiger partial charge >= 0.3 is 23.5 Å². The van der Waals surface area contributed by atoms with E-state index in [1.807, 2.05) is 0 Å². The van der Waals surface area contributed by atoms with E-state index in [-0.39, 0.29) is 22.3 Å². The fraction of sp³-hybridized carbons (Fsp3) is 0.312. The summed E-state index contributed by atoms with van der Waals surface area (Å²) in [6.07, 6.45) is 8.50. The number of aliphatic hydroxyl groups is 2. The van der Waals surface area contributed by atoms with Crippen molar-refractivity contribution in [3.05, 3.63) is 24.0 Å². The molecule has 0 aromatic carbocycles. The van der Waals surface area contributed by atoms with Crippen molar-refractivity contribution in [3.63, 3.8) is 0 Å². The molecule has 16 nitrogen and oxygen atoms in total. The number of anilines is 1. The molecule has 1 aliphatic heterocycles. The Kier molecular flexibility index (Phi) is 7.33. The van der Waals surface area contributed by atoms with Crippen LogP contribution in [-0.4, -0.2) is 63.5 Å². The van der Waals surface area contributed by atoms with Gasteiger partial charge in [0.25, 0.3) is 5.85 Å². The van der Waals surface area contributed by atoms with Crippen LogP contribution in [0.5, 0.6) is 0 Å². The molecular weight excluding hydrogens is 554 g/mol. The number of ether oxygens (including phenoxy) is 1. The maximum atomic E-state index is 15.6. The molecule has 0 spiro atoms. The normalized spacial score (nSPS) is 29.8. The van der Waals surface area contributed by atoms with Crippen molar-refractivity contribution in [1.82, 2.24) is 9.55 Å². The first kappa shape index (κ1) is 28.4. The highest BCUT2D eigenvalue weighted by atomic mass is 31.3. The monoisotopic (exact) mass is 571 g/mol. The van der Waals surface area contributed by atoms with Gasteiger partial charge in [0.15, 0.2) is 12.3 Å². The molecule has 2 aromatic rings. The lowest BCUT2D eigenvalue weighted by molar-refractivity contribution is -0.203. The second-order valence-corrected chi connectivity index (χ2v) is 11.6. The van der Waals surface area contributed by atoms with Gasteiger partial charge in [0.2, 0.25) is 5.60 Å². The number of hydrogen-bond donors (Lipinski definition) is 7. The summed E-state index contributed by atoms with van der Waals surface area (Å²) in [7, 11) is -17.4. The summed E-state index contributed by atoms with van der Waals surface area (Å²) in [5.74, 6) is 0.482.